The number of aliphatic carboxylic acids is 1. The lowest BCUT2D eigenvalue weighted by Crippen LogP contribution is -2.40. The van der Waals surface area contributed by atoms with Gasteiger partial charge in [0.05, 0.1) is 5.60 Å². The molecule has 1 atom stereocenters. The molecule has 0 fully saturated rings. The van der Waals surface area contributed by atoms with Gasteiger partial charge in [-0.15, -0.1) is 0 Å². The average molecular weight is 249 g/mol. The Morgan fingerprint density at radius 3 is 2.62 bits per heavy atom. The number of hydrogen-bond acceptors (Lipinski definition) is 4. The first-order valence-electron chi connectivity index (χ1n) is 5.62. The lowest BCUT2D eigenvalue weighted by atomic mass is 10.1. The van der Waals surface area contributed by atoms with Crippen LogP contribution >= 0.6 is 11.8 Å². The summed E-state index contributed by atoms with van der Waals surface area (Å²) in [4.78, 5) is 10.2. The van der Waals surface area contributed by atoms with E-state index >= 15 is 0 Å². The summed E-state index contributed by atoms with van der Waals surface area (Å²) in [6.45, 7) is 3.25. The summed E-state index contributed by atoms with van der Waals surface area (Å²) in [5, 5.41) is 21.4. The molecule has 0 aromatic carbocycles. The van der Waals surface area contributed by atoms with E-state index < -0.39 is 11.6 Å². The van der Waals surface area contributed by atoms with Crippen molar-refractivity contribution in [1.82, 2.24) is 5.32 Å². The number of carbonyl (C=O) groups is 1. The van der Waals surface area contributed by atoms with Gasteiger partial charge in [0.15, 0.2) is 0 Å². The molecule has 0 rings (SSSR count). The van der Waals surface area contributed by atoms with Crippen molar-refractivity contribution >= 4 is 17.7 Å². The van der Waals surface area contributed by atoms with Gasteiger partial charge in [-0.1, -0.05) is 6.42 Å². The quantitative estimate of drug-likeness (QED) is 0.510. The predicted molar refractivity (Wildman–Crippen MR) is 68.0 cm³/mol. The zero-order valence-electron chi connectivity index (χ0n) is 10.2. The lowest BCUT2D eigenvalue weighted by Gasteiger charge is -2.22. The summed E-state index contributed by atoms with van der Waals surface area (Å²) in [7, 11) is 0. The maximum Gasteiger partial charge on any atom is 0.303 e. The molecular formula is C11H23NO3S. The van der Waals surface area contributed by atoms with Gasteiger partial charge in [0, 0.05) is 18.7 Å². The van der Waals surface area contributed by atoms with Gasteiger partial charge in [0.25, 0.3) is 0 Å². The van der Waals surface area contributed by atoms with Gasteiger partial charge >= 0.3 is 5.97 Å². The van der Waals surface area contributed by atoms with Crippen LogP contribution in [0.2, 0.25) is 0 Å². The van der Waals surface area contributed by atoms with Gasteiger partial charge in [0.2, 0.25) is 0 Å². The summed E-state index contributed by atoms with van der Waals surface area (Å²) in [5.41, 5.74) is -0.652. The van der Waals surface area contributed by atoms with Crippen LogP contribution in [0.15, 0.2) is 0 Å². The molecule has 0 spiro atoms. The summed E-state index contributed by atoms with van der Waals surface area (Å²) in [6, 6.07) is 0. The minimum Gasteiger partial charge on any atom is -0.481 e. The Balaban J connectivity index is 3.29. The van der Waals surface area contributed by atoms with Gasteiger partial charge in [0.1, 0.15) is 0 Å². The first kappa shape index (κ1) is 15.7. The van der Waals surface area contributed by atoms with Crippen LogP contribution in [0.1, 0.15) is 32.6 Å². The molecule has 4 nitrogen and oxygen atoms in total. The van der Waals surface area contributed by atoms with Crippen LogP contribution in [-0.2, 0) is 4.79 Å². The minimum atomic E-state index is -0.726. The van der Waals surface area contributed by atoms with E-state index in [2.05, 4.69) is 5.32 Å². The highest BCUT2D eigenvalue weighted by atomic mass is 32.2. The molecule has 0 aliphatic rings. The minimum absolute atomic E-state index is 0.254. The maximum atomic E-state index is 10.2. The number of aliphatic hydroxyl groups is 1. The summed E-state index contributed by atoms with van der Waals surface area (Å²) in [5.74, 6) is -0.00481. The molecule has 0 saturated carbocycles. The Bertz CT molecular complexity index is 198. The molecule has 16 heavy (non-hydrogen) atoms. The topological polar surface area (TPSA) is 69.6 Å². The Kier molecular flexibility index (Phi) is 8.70. The van der Waals surface area contributed by atoms with E-state index in [9.17, 15) is 9.90 Å². The second-order valence-electron chi connectivity index (χ2n) is 4.31. The summed E-state index contributed by atoms with van der Waals surface area (Å²) >= 11 is 1.63. The van der Waals surface area contributed by atoms with Crippen molar-refractivity contribution in [3.63, 3.8) is 0 Å². The highest BCUT2D eigenvalue weighted by Crippen LogP contribution is 2.09. The van der Waals surface area contributed by atoms with Crippen LogP contribution in [-0.4, -0.2) is 46.9 Å². The highest BCUT2D eigenvalue weighted by Gasteiger charge is 2.18. The number of carboxylic acids is 1. The first-order chi connectivity index (χ1) is 7.48. The van der Waals surface area contributed by atoms with Crippen molar-refractivity contribution in [3.8, 4) is 0 Å². The number of carboxylic acid groups (broad SMARTS) is 1. The molecule has 0 aromatic heterocycles. The third kappa shape index (κ3) is 10.3. The molecule has 0 heterocycles. The van der Waals surface area contributed by atoms with Gasteiger partial charge < -0.3 is 15.5 Å². The second-order valence-corrected chi connectivity index (χ2v) is 5.18. The van der Waals surface area contributed by atoms with E-state index in [1.54, 1.807) is 11.8 Å². The molecule has 3 N–H and O–H groups in total. The van der Waals surface area contributed by atoms with Crippen LogP contribution in [0, 0.1) is 0 Å². The Labute approximate surface area is 102 Å². The number of hydrogen-bond donors (Lipinski definition) is 3. The first-order valence-corrected chi connectivity index (χ1v) is 7.01. The van der Waals surface area contributed by atoms with Crippen molar-refractivity contribution < 1.29 is 15.0 Å². The normalized spacial score (nSPS) is 14.7. The monoisotopic (exact) mass is 249 g/mol. The molecule has 96 valence electrons. The second kappa shape index (κ2) is 8.84. The molecule has 1 unspecified atom stereocenters. The van der Waals surface area contributed by atoms with E-state index in [0.717, 1.165) is 31.6 Å². The largest absolute Gasteiger partial charge is 0.481 e. The van der Waals surface area contributed by atoms with Gasteiger partial charge in [-0.2, -0.15) is 11.8 Å². The van der Waals surface area contributed by atoms with E-state index in [1.807, 2.05) is 13.2 Å². The van der Waals surface area contributed by atoms with Gasteiger partial charge in [-0.25, -0.2) is 0 Å². The Morgan fingerprint density at radius 2 is 2.06 bits per heavy atom. The molecule has 0 aliphatic heterocycles. The fraction of sp³-hybridized carbons (Fsp3) is 0.909. The van der Waals surface area contributed by atoms with Gasteiger partial charge in [-0.05, 0) is 32.6 Å². The van der Waals surface area contributed by atoms with Crippen LogP contribution in [0.4, 0.5) is 0 Å². The third-order valence-corrected chi connectivity index (χ3v) is 3.12. The molecular weight excluding hydrogens is 226 g/mol. The zero-order valence-corrected chi connectivity index (χ0v) is 11.0. The predicted octanol–water partition coefficient (Wildman–Crippen LogP) is 1.33. The van der Waals surface area contributed by atoms with Crippen molar-refractivity contribution in [1.29, 1.82) is 0 Å². The van der Waals surface area contributed by atoms with Crippen LogP contribution < -0.4 is 5.32 Å². The number of rotatable bonds is 10. The van der Waals surface area contributed by atoms with E-state index in [-0.39, 0.29) is 6.42 Å². The third-order valence-electron chi connectivity index (χ3n) is 2.21. The van der Waals surface area contributed by atoms with Crippen molar-refractivity contribution in [2.75, 3.05) is 25.1 Å². The molecule has 0 saturated heterocycles. The Morgan fingerprint density at radius 1 is 1.38 bits per heavy atom. The molecule has 0 aliphatic carbocycles. The van der Waals surface area contributed by atoms with E-state index in [1.165, 1.54) is 0 Å². The molecule has 0 aromatic rings. The van der Waals surface area contributed by atoms with Crippen molar-refractivity contribution in [2.45, 2.75) is 38.2 Å². The fourth-order valence-corrected chi connectivity index (χ4v) is 2.15. The maximum absolute atomic E-state index is 10.2. The fourth-order valence-electron chi connectivity index (χ4n) is 1.42. The number of unbranched alkanes of at least 4 members (excludes halogenated alkanes) is 2. The molecule has 0 amide bonds. The SMILES string of the molecule is CSCC(C)(O)CNCCCCCC(=O)O. The van der Waals surface area contributed by atoms with E-state index in [0.29, 0.717) is 6.54 Å². The molecule has 0 bridgehead atoms. The van der Waals surface area contributed by atoms with E-state index in [4.69, 9.17) is 5.11 Å². The highest BCUT2D eigenvalue weighted by molar-refractivity contribution is 7.98. The van der Waals surface area contributed by atoms with Gasteiger partial charge in [-0.3, -0.25) is 4.79 Å². The number of thioether (sulfide) groups is 1. The zero-order chi connectivity index (χ0) is 12.4. The number of nitrogens with one attached hydrogen (secondary N) is 1. The lowest BCUT2D eigenvalue weighted by molar-refractivity contribution is -0.137. The smallest absolute Gasteiger partial charge is 0.303 e. The molecule has 5 heteroatoms. The van der Waals surface area contributed by atoms with Crippen LogP contribution in [0.5, 0.6) is 0 Å². The average Bonchev–Trinajstić information content (AvgIpc) is 2.15. The molecule has 0 radical (unpaired) electrons. The van der Waals surface area contributed by atoms with Crippen LogP contribution in [0.25, 0.3) is 0 Å². The van der Waals surface area contributed by atoms with Crippen molar-refractivity contribution in [3.05, 3.63) is 0 Å². The summed E-state index contributed by atoms with van der Waals surface area (Å²) in [6.07, 6.45) is 4.84. The van der Waals surface area contributed by atoms with Crippen LogP contribution in [0.3, 0.4) is 0 Å². The Hall–Kier alpha value is -0.260. The summed E-state index contributed by atoms with van der Waals surface area (Å²) < 4.78 is 0. The van der Waals surface area contributed by atoms with Crippen molar-refractivity contribution in [2.24, 2.45) is 0 Å². The standard InChI is InChI=1S/C11H23NO3S/c1-11(15,9-16-2)8-12-7-5-3-4-6-10(13)14/h12,15H,3-9H2,1-2H3,(H,13,14).